The standard InChI is InChI=1S/C17H23NO3.C13H16O.C2HF3O2.CH4/c1-17(2,3)21-16(19)18-10-13(11-18)15-14-7-5-4-6-12(14)8-9-20-15;1-2-7-12-10(4-1)8-9-14-13(12)11-5-3-6-11;3-2(4,5)1(6)7;/h4-7,13,15H,8-11H2,1-3H3;1-2,4,7,11,13H,3,5-6,8-9H2;(H,6,7);1H4/t15-;13-;;/m11../s1. The average Bonchev–Trinajstić information content (AvgIpc) is 2.86. The summed E-state index contributed by atoms with van der Waals surface area (Å²) in [6.45, 7) is 8.79. The number of carboxylic acids is 1. The van der Waals surface area contributed by atoms with Crippen molar-refractivity contribution in [3.05, 3.63) is 70.8 Å². The number of hydrogen-bond donors (Lipinski definition) is 1. The number of amides is 1. The second-order valence-corrected chi connectivity index (χ2v) is 12.1. The molecule has 2 aromatic rings. The molecule has 6 rings (SSSR count). The molecule has 1 saturated heterocycles. The van der Waals surface area contributed by atoms with Gasteiger partial charge in [0.2, 0.25) is 0 Å². The normalized spacial score (nSPS) is 21.5. The van der Waals surface area contributed by atoms with Gasteiger partial charge in [-0.05, 0) is 74.6 Å². The minimum absolute atomic E-state index is 0. The number of fused-ring (bicyclic) bond motifs is 2. The predicted molar refractivity (Wildman–Crippen MR) is 157 cm³/mol. The third-order valence-electron chi connectivity index (χ3n) is 7.87. The van der Waals surface area contributed by atoms with Crippen LogP contribution in [0, 0.1) is 11.8 Å². The molecule has 2 aromatic carbocycles. The summed E-state index contributed by atoms with van der Waals surface area (Å²) in [6.07, 6.45) is 1.42. The Labute approximate surface area is 252 Å². The number of carbonyl (C=O) groups excluding carboxylic acids is 1. The Kier molecular flexibility index (Phi) is 11.7. The zero-order valence-corrected chi connectivity index (χ0v) is 24.4. The number of likely N-dealkylation sites (tertiary alicyclic amines) is 1. The highest BCUT2D eigenvalue weighted by Gasteiger charge is 2.41. The zero-order valence-electron chi connectivity index (χ0n) is 24.4. The van der Waals surface area contributed by atoms with E-state index in [1.807, 2.05) is 20.8 Å². The lowest BCUT2D eigenvalue weighted by atomic mass is 9.77. The highest BCUT2D eigenvalue weighted by Crippen LogP contribution is 2.43. The fraction of sp³-hybridized carbons (Fsp3) is 0.576. The van der Waals surface area contributed by atoms with E-state index in [9.17, 15) is 18.0 Å². The zero-order chi connectivity index (χ0) is 30.5. The lowest BCUT2D eigenvalue weighted by molar-refractivity contribution is -0.192. The molecule has 4 aliphatic rings. The molecule has 2 atom stereocenters. The SMILES string of the molecule is C.CC(C)(C)OC(=O)N1CC([C@H]2OCCc3ccccc32)C1.O=C(O)C(F)(F)F.c1ccc2c(c1)CCO[C@@H]2C1CCC1. The summed E-state index contributed by atoms with van der Waals surface area (Å²) in [5.74, 6) is -1.58. The highest BCUT2D eigenvalue weighted by molar-refractivity contribution is 5.73. The summed E-state index contributed by atoms with van der Waals surface area (Å²) in [7, 11) is 0. The molecule has 2 fully saturated rings. The molecule has 3 heterocycles. The Balaban J connectivity index is 0.000000198. The Hall–Kier alpha value is -3.11. The van der Waals surface area contributed by atoms with Crippen LogP contribution >= 0.6 is 0 Å². The van der Waals surface area contributed by atoms with Gasteiger partial charge in [0.15, 0.2) is 0 Å². The maximum atomic E-state index is 12.0. The lowest BCUT2D eigenvalue weighted by Gasteiger charge is -2.44. The fourth-order valence-corrected chi connectivity index (χ4v) is 5.55. The lowest BCUT2D eigenvalue weighted by Crippen LogP contribution is -2.54. The molecule has 1 amide bonds. The van der Waals surface area contributed by atoms with Gasteiger partial charge in [-0.2, -0.15) is 13.2 Å². The van der Waals surface area contributed by atoms with Crippen LogP contribution in [0.25, 0.3) is 0 Å². The topological polar surface area (TPSA) is 85.3 Å². The number of carbonyl (C=O) groups is 2. The minimum atomic E-state index is -5.08. The minimum Gasteiger partial charge on any atom is -0.475 e. The quantitative estimate of drug-likeness (QED) is 0.380. The molecule has 1 aliphatic carbocycles. The van der Waals surface area contributed by atoms with Crippen molar-refractivity contribution >= 4 is 12.1 Å². The van der Waals surface area contributed by atoms with Crippen LogP contribution in [0.1, 0.15) is 81.9 Å². The molecule has 7 nitrogen and oxygen atoms in total. The molecule has 0 bridgehead atoms. The largest absolute Gasteiger partial charge is 0.490 e. The molecule has 3 aliphatic heterocycles. The highest BCUT2D eigenvalue weighted by atomic mass is 19.4. The third kappa shape index (κ3) is 9.19. The molecule has 43 heavy (non-hydrogen) atoms. The Morgan fingerprint density at radius 2 is 1.28 bits per heavy atom. The number of carboxylic acid groups (broad SMARTS) is 1. The van der Waals surface area contributed by atoms with Crippen molar-refractivity contribution in [2.75, 3.05) is 26.3 Å². The summed E-state index contributed by atoms with van der Waals surface area (Å²) in [4.78, 5) is 22.6. The van der Waals surface area contributed by atoms with Gasteiger partial charge >= 0.3 is 18.2 Å². The van der Waals surface area contributed by atoms with E-state index in [-0.39, 0.29) is 19.6 Å². The Morgan fingerprint density at radius 3 is 1.67 bits per heavy atom. The average molecular weight is 608 g/mol. The first-order valence-corrected chi connectivity index (χ1v) is 14.5. The van der Waals surface area contributed by atoms with E-state index in [1.165, 1.54) is 41.5 Å². The van der Waals surface area contributed by atoms with Crippen molar-refractivity contribution in [1.29, 1.82) is 0 Å². The van der Waals surface area contributed by atoms with Crippen LogP contribution in [0.5, 0.6) is 0 Å². The molecular formula is C33H44F3NO6. The number of benzene rings is 2. The monoisotopic (exact) mass is 607 g/mol. The molecule has 0 spiro atoms. The smallest absolute Gasteiger partial charge is 0.475 e. The summed E-state index contributed by atoms with van der Waals surface area (Å²) in [6, 6.07) is 17.2. The van der Waals surface area contributed by atoms with Crippen molar-refractivity contribution in [2.24, 2.45) is 11.8 Å². The van der Waals surface area contributed by atoms with Gasteiger partial charge in [0.05, 0.1) is 25.4 Å². The molecule has 1 N–H and O–H groups in total. The van der Waals surface area contributed by atoms with Gasteiger partial charge in [0, 0.05) is 19.0 Å². The first-order valence-electron chi connectivity index (χ1n) is 14.5. The van der Waals surface area contributed by atoms with Crippen molar-refractivity contribution in [3.8, 4) is 0 Å². The van der Waals surface area contributed by atoms with E-state index in [0.717, 1.165) is 32.0 Å². The van der Waals surface area contributed by atoms with Crippen LogP contribution in [-0.4, -0.2) is 60.1 Å². The van der Waals surface area contributed by atoms with Crippen LogP contribution in [-0.2, 0) is 31.8 Å². The van der Waals surface area contributed by atoms with Crippen LogP contribution in [0.3, 0.4) is 0 Å². The second kappa shape index (κ2) is 14.6. The molecular weight excluding hydrogens is 563 g/mol. The maximum Gasteiger partial charge on any atom is 0.490 e. The molecule has 0 radical (unpaired) electrons. The number of aliphatic carboxylic acids is 1. The van der Waals surface area contributed by atoms with Crippen LogP contribution in [0.15, 0.2) is 48.5 Å². The van der Waals surface area contributed by atoms with Crippen molar-refractivity contribution in [3.63, 3.8) is 0 Å². The van der Waals surface area contributed by atoms with E-state index in [1.54, 1.807) is 4.90 Å². The van der Waals surface area contributed by atoms with Crippen LogP contribution in [0.4, 0.5) is 18.0 Å². The molecule has 1 saturated carbocycles. The number of hydrogen-bond acceptors (Lipinski definition) is 5. The predicted octanol–water partition coefficient (Wildman–Crippen LogP) is 7.54. The van der Waals surface area contributed by atoms with Gasteiger partial charge in [0.1, 0.15) is 5.60 Å². The van der Waals surface area contributed by atoms with Gasteiger partial charge < -0.3 is 24.2 Å². The van der Waals surface area contributed by atoms with Crippen molar-refractivity contribution < 1.29 is 42.1 Å². The summed E-state index contributed by atoms with van der Waals surface area (Å²) < 4.78 is 49.0. The fourth-order valence-electron chi connectivity index (χ4n) is 5.55. The summed E-state index contributed by atoms with van der Waals surface area (Å²) >= 11 is 0. The first-order chi connectivity index (χ1) is 19.8. The third-order valence-corrected chi connectivity index (χ3v) is 7.87. The first kappa shape index (κ1) is 34.4. The van der Waals surface area contributed by atoms with Gasteiger partial charge in [0.25, 0.3) is 0 Å². The van der Waals surface area contributed by atoms with Gasteiger partial charge in [-0.1, -0.05) is 62.4 Å². The Morgan fingerprint density at radius 1 is 0.837 bits per heavy atom. The second-order valence-electron chi connectivity index (χ2n) is 12.1. The number of nitrogens with zero attached hydrogens (tertiary/aromatic N) is 1. The van der Waals surface area contributed by atoms with E-state index in [4.69, 9.17) is 24.1 Å². The van der Waals surface area contributed by atoms with Gasteiger partial charge in [-0.3, -0.25) is 0 Å². The molecule has 10 heteroatoms. The molecule has 238 valence electrons. The van der Waals surface area contributed by atoms with E-state index in [0.29, 0.717) is 25.1 Å². The summed E-state index contributed by atoms with van der Waals surface area (Å²) in [5, 5.41) is 7.12. The Bertz CT molecular complexity index is 1220. The number of alkyl halides is 3. The van der Waals surface area contributed by atoms with Crippen LogP contribution in [0.2, 0.25) is 0 Å². The van der Waals surface area contributed by atoms with E-state index in [2.05, 4.69) is 48.5 Å². The van der Waals surface area contributed by atoms with Gasteiger partial charge in [-0.25, -0.2) is 9.59 Å². The maximum absolute atomic E-state index is 12.0. The molecule has 0 unspecified atom stereocenters. The van der Waals surface area contributed by atoms with E-state index >= 15 is 0 Å². The number of ether oxygens (including phenoxy) is 3. The number of halogens is 3. The van der Waals surface area contributed by atoms with Crippen molar-refractivity contribution in [1.82, 2.24) is 4.90 Å². The van der Waals surface area contributed by atoms with Crippen LogP contribution < -0.4 is 0 Å². The summed E-state index contributed by atoms with van der Waals surface area (Å²) in [5.41, 5.74) is 5.21. The van der Waals surface area contributed by atoms with E-state index < -0.39 is 17.7 Å². The molecule has 0 aromatic heterocycles. The van der Waals surface area contributed by atoms with Gasteiger partial charge in [-0.15, -0.1) is 0 Å². The van der Waals surface area contributed by atoms with Crippen molar-refractivity contribution in [2.45, 2.75) is 84.3 Å². The number of rotatable bonds is 2.